The van der Waals surface area contributed by atoms with E-state index in [0.29, 0.717) is 18.5 Å². The van der Waals surface area contributed by atoms with Crippen molar-refractivity contribution in [2.24, 2.45) is 0 Å². The van der Waals surface area contributed by atoms with Crippen LogP contribution in [-0.4, -0.2) is 12.8 Å². The van der Waals surface area contributed by atoms with Gasteiger partial charge in [0.05, 0.1) is 5.70 Å². The predicted molar refractivity (Wildman–Crippen MR) is 52.8 cm³/mol. The monoisotopic (exact) mass is 190 g/mol. The van der Waals surface area contributed by atoms with Crippen LogP contribution >= 0.6 is 0 Å². The van der Waals surface area contributed by atoms with Crippen LogP contribution in [0.15, 0.2) is 36.5 Å². The molecule has 0 unspecified atom stereocenters. The van der Waals surface area contributed by atoms with Crippen LogP contribution in [0, 0.1) is 0 Å². The summed E-state index contributed by atoms with van der Waals surface area (Å²) in [7, 11) is 0. The summed E-state index contributed by atoms with van der Waals surface area (Å²) in [5.41, 5.74) is 1.38. The van der Waals surface area contributed by atoms with Gasteiger partial charge in [-0.3, -0.25) is 9.59 Å². The summed E-state index contributed by atoms with van der Waals surface area (Å²) in [5, 5.41) is 4.86. The molecule has 0 atom stereocenters. The first-order valence-corrected chi connectivity index (χ1v) is 4.04. The minimum Gasteiger partial charge on any atom is -0.333 e. The first-order chi connectivity index (χ1) is 6.88. The van der Waals surface area contributed by atoms with Gasteiger partial charge >= 0.3 is 0 Å². The lowest BCUT2D eigenvalue weighted by Gasteiger charge is -2.04. The smallest absolute Gasteiger partial charge is 0.211 e. The van der Waals surface area contributed by atoms with Crippen molar-refractivity contribution in [3.8, 4) is 0 Å². The number of benzene rings is 1. The summed E-state index contributed by atoms with van der Waals surface area (Å²) in [6.07, 6.45) is 2.53. The average Bonchev–Trinajstić information content (AvgIpc) is 2.25. The number of amides is 2. The second-order valence-electron chi connectivity index (χ2n) is 2.47. The van der Waals surface area contributed by atoms with Crippen molar-refractivity contribution >= 4 is 18.5 Å². The molecular formula is C10H10N2O2. The fourth-order valence-electron chi connectivity index (χ4n) is 1.01. The van der Waals surface area contributed by atoms with Crippen molar-refractivity contribution in [2.45, 2.75) is 0 Å². The van der Waals surface area contributed by atoms with Gasteiger partial charge in [-0.1, -0.05) is 30.3 Å². The summed E-state index contributed by atoms with van der Waals surface area (Å²) in [6, 6.07) is 9.21. The van der Waals surface area contributed by atoms with Crippen LogP contribution in [0.5, 0.6) is 0 Å². The van der Waals surface area contributed by atoms with Crippen molar-refractivity contribution < 1.29 is 9.59 Å². The number of carbonyl (C=O) groups excluding carboxylic acids is 2. The van der Waals surface area contributed by atoms with Crippen LogP contribution < -0.4 is 10.6 Å². The molecule has 1 aromatic rings. The lowest BCUT2D eigenvalue weighted by atomic mass is 10.2. The van der Waals surface area contributed by atoms with E-state index in [1.807, 2.05) is 30.3 Å². The molecule has 2 amide bonds. The maximum atomic E-state index is 10.3. The fraction of sp³-hybridized carbons (Fsp3) is 0. The average molecular weight is 190 g/mol. The summed E-state index contributed by atoms with van der Waals surface area (Å²) in [5.74, 6) is 0. The van der Waals surface area contributed by atoms with Gasteiger partial charge in [0.15, 0.2) is 0 Å². The lowest BCUT2D eigenvalue weighted by molar-refractivity contribution is -0.109. The van der Waals surface area contributed by atoms with Gasteiger partial charge in [-0.25, -0.2) is 0 Å². The Labute approximate surface area is 81.6 Å². The Balaban J connectivity index is 2.87. The van der Waals surface area contributed by atoms with Gasteiger partial charge in [0, 0.05) is 6.20 Å². The van der Waals surface area contributed by atoms with Gasteiger partial charge in [-0.2, -0.15) is 0 Å². The number of nitrogens with one attached hydrogen (secondary N) is 2. The van der Waals surface area contributed by atoms with Gasteiger partial charge in [-0.05, 0) is 5.56 Å². The van der Waals surface area contributed by atoms with E-state index in [4.69, 9.17) is 0 Å². The molecule has 4 nitrogen and oxygen atoms in total. The Morgan fingerprint density at radius 3 is 2.36 bits per heavy atom. The topological polar surface area (TPSA) is 58.2 Å². The highest BCUT2D eigenvalue weighted by Gasteiger charge is 1.97. The number of hydrogen-bond acceptors (Lipinski definition) is 2. The Morgan fingerprint density at radius 1 is 1.07 bits per heavy atom. The Morgan fingerprint density at radius 2 is 1.79 bits per heavy atom. The Hall–Kier alpha value is -2.10. The SMILES string of the molecule is O=CN/C=C(/NC=O)c1ccccc1. The molecule has 0 aliphatic heterocycles. The van der Waals surface area contributed by atoms with Crippen LogP contribution in [0.2, 0.25) is 0 Å². The zero-order chi connectivity index (χ0) is 10.2. The van der Waals surface area contributed by atoms with Crippen molar-refractivity contribution in [1.82, 2.24) is 10.6 Å². The molecule has 0 aliphatic rings. The van der Waals surface area contributed by atoms with Crippen molar-refractivity contribution in [3.63, 3.8) is 0 Å². The minimum atomic E-state index is 0.537. The molecule has 0 spiro atoms. The lowest BCUT2D eigenvalue weighted by Crippen LogP contribution is -2.13. The molecule has 72 valence electrons. The molecule has 0 radical (unpaired) electrons. The van der Waals surface area contributed by atoms with E-state index >= 15 is 0 Å². The molecule has 1 aromatic carbocycles. The van der Waals surface area contributed by atoms with Crippen LogP contribution in [0.3, 0.4) is 0 Å². The second kappa shape index (κ2) is 5.53. The molecule has 0 saturated heterocycles. The maximum Gasteiger partial charge on any atom is 0.211 e. The molecule has 2 N–H and O–H groups in total. The van der Waals surface area contributed by atoms with Crippen LogP contribution in [0.1, 0.15) is 5.56 Å². The Bertz CT molecular complexity index is 333. The quantitative estimate of drug-likeness (QED) is 0.663. The van der Waals surface area contributed by atoms with Gasteiger partial charge in [0.1, 0.15) is 0 Å². The summed E-state index contributed by atoms with van der Waals surface area (Å²) < 4.78 is 0. The number of hydrogen-bond donors (Lipinski definition) is 2. The van der Waals surface area contributed by atoms with E-state index in [1.165, 1.54) is 6.20 Å². The largest absolute Gasteiger partial charge is 0.333 e. The molecule has 4 heteroatoms. The third kappa shape index (κ3) is 2.75. The molecule has 0 aliphatic carbocycles. The third-order valence-corrected chi connectivity index (χ3v) is 1.59. The molecule has 1 rings (SSSR count). The third-order valence-electron chi connectivity index (χ3n) is 1.59. The van der Waals surface area contributed by atoms with Crippen molar-refractivity contribution in [2.75, 3.05) is 0 Å². The normalized spacial score (nSPS) is 10.4. The number of rotatable bonds is 5. The molecular weight excluding hydrogens is 180 g/mol. The Kier molecular flexibility index (Phi) is 3.94. The fourth-order valence-corrected chi connectivity index (χ4v) is 1.01. The summed E-state index contributed by atoms with van der Waals surface area (Å²) in [6.45, 7) is 0. The predicted octanol–water partition coefficient (Wildman–Crippen LogP) is 0.477. The summed E-state index contributed by atoms with van der Waals surface area (Å²) in [4.78, 5) is 20.4. The van der Waals surface area contributed by atoms with Gasteiger partial charge < -0.3 is 10.6 Å². The van der Waals surface area contributed by atoms with Crippen LogP contribution in [-0.2, 0) is 9.59 Å². The molecule has 0 fully saturated rings. The van der Waals surface area contributed by atoms with Gasteiger partial charge in [0.2, 0.25) is 12.8 Å². The molecule has 0 heterocycles. The highest BCUT2D eigenvalue weighted by molar-refractivity contribution is 5.74. The van der Waals surface area contributed by atoms with E-state index in [2.05, 4.69) is 10.6 Å². The molecule has 0 bridgehead atoms. The minimum absolute atomic E-state index is 0.537. The zero-order valence-electron chi connectivity index (χ0n) is 7.44. The standard InChI is InChI=1S/C10H10N2O2/c13-7-11-6-10(12-8-14)9-4-2-1-3-5-9/h1-8H,(H,11,13)(H,12,14)/b10-6+. The van der Waals surface area contributed by atoms with Crippen LogP contribution in [0.4, 0.5) is 0 Å². The molecule has 0 aromatic heterocycles. The maximum absolute atomic E-state index is 10.3. The van der Waals surface area contributed by atoms with E-state index in [9.17, 15) is 9.59 Å². The van der Waals surface area contributed by atoms with E-state index in [-0.39, 0.29) is 0 Å². The molecule has 0 saturated carbocycles. The van der Waals surface area contributed by atoms with Gasteiger partial charge in [-0.15, -0.1) is 0 Å². The van der Waals surface area contributed by atoms with Gasteiger partial charge in [0.25, 0.3) is 0 Å². The highest BCUT2D eigenvalue weighted by atomic mass is 16.1. The van der Waals surface area contributed by atoms with Crippen LogP contribution in [0.25, 0.3) is 5.70 Å². The van der Waals surface area contributed by atoms with E-state index in [1.54, 1.807) is 0 Å². The first-order valence-electron chi connectivity index (χ1n) is 4.04. The zero-order valence-corrected chi connectivity index (χ0v) is 7.44. The van der Waals surface area contributed by atoms with E-state index in [0.717, 1.165) is 5.56 Å². The van der Waals surface area contributed by atoms with E-state index < -0.39 is 0 Å². The van der Waals surface area contributed by atoms with Crippen molar-refractivity contribution in [3.05, 3.63) is 42.1 Å². The van der Waals surface area contributed by atoms with Crippen molar-refractivity contribution in [1.29, 1.82) is 0 Å². The molecule has 14 heavy (non-hydrogen) atoms. The number of carbonyl (C=O) groups is 2. The second-order valence-corrected chi connectivity index (χ2v) is 2.47. The highest BCUT2D eigenvalue weighted by Crippen LogP contribution is 2.08. The summed E-state index contributed by atoms with van der Waals surface area (Å²) >= 11 is 0. The first kappa shape index (κ1) is 9.98.